The highest BCUT2D eigenvalue weighted by molar-refractivity contribution is 5.74. The van der Waals surface area contributed by atoms with Crippen molar-refractivity contribution < 1.29 is 19.0 Å². The van der Waals surface area contributed by atoms with Crippen molar-refractivity contribution in [2.24, 2.45) is 35.5 Å². The third-order valence-electron chi connectivity index (χ3n) is 5.44. The SMILES string of the molecule is CCOCOCC1C2CC(C(C)C2C)C1C(=O)OCC. The molecule has 0 amide bonds. The van der Waals surface area contributed by atoms with Crippen LogP contribution >= 0.6 is 0 Å². The third kappa shape index (κ3) is 2.86. The van der Waals surface area contributed by atoms with Crippen molar-refractivity contribution in [3.63, 3.8) is 0 Å². The summed E-state index contributed by atoms with van der Waals surface area (Å²) in [6.45, 7) is 10.5. The van der Waals surface area contributed by atoms with Gasteiger partial charge in [-0.25, -0.2) is 0 Å². The molecule has 2 saturated carbocycles. The van der Waals surface area contributed by atoms with Crippen molar-refractivity contribution in [3.8, 4) is 0 Å². The van der Waals surface area contributed by atoms with Crippen molar-refractivity contribution in [2.45, 2.75) is 34.1 Å². The molecule has 20 heavy (non-hydrogen) atoms. The minimum absolute atomic E-state index is 0.0211. The molecule has 0 aromatic rings. The lowest BCUT2D eigenvalue weighted by atomic mass is 9.70. The first kappa shape index (κ1) is 15.8. The van der Waals surface area contributed by atoms with E-state index in [1.54, 1.807) is 0 Å². The third-order valence-corrected chi connectivity index (χ3v) is 5.44. The zero-order chi connectivity index (χ0) is 14.7. The highest BCUT2D eigenvalue weighted by Gasteiger charge is 2.57. The second-order valence-corrected chi connectivity index (χ2v) is 6.20. The van der Waals surface area contributed by atoms with Crippen molar-refractivity contribution >= 4 is 5.97 Å². The van der Waals surface area contributed by atoms with E-state index in [1.165, 1.54) is 0 Å². The number of carbonyl (C=O) groups excluding carboxylic acids is 1. The predicted molar refractivity (Wildman–Crippen MR) is 76.0 cm³/mol. The summed E-state index contributed by atoms with van der Waals surface area (Å²) >= 11 is 0. The number of fused-ring (bicyclic) bond motifs is 2. The molecule has 0 aliphatic heterocycles. The maximum Gasteiger partial charge on any atom is 0.309 e. The van der Waals surface area contributed by atoms with E-state index in [2.05, 4.69) is 13.8 Å². The van der Waals surface area contributed by atoms with Gasteiger partial charge in [-0.15, -0.1) is 0 Å². The van der Waals surface area contributed by atoms with Gasteiger partial charge in [-0.05, 0) is 49.9 Å². The normalized spacial score (nSPS) is 39.2. The number of hydrogen-bond acceptors (Lipinski definition) is 4. The quantitative estimate of drug-likeness (QED) is 0.409. The summed E-state index contributed by atoms with van der Waals surface area (Å²) in [4.78, 5) is 12.3. The van der Waals surface area contributed by atoms with Gasteiger partial charge in [-0.1, -0.05) is 13.8 Å². The Bertz CT molecular complexity index is 330. The molecule has 2 aliphatic rings. The van der Waals surface area contributed by atoms with E-state index in [-0.39, 0.29) is 11.9 Å². The fraction of sp³-hybridized carbons (Fsp3) is 0.938. The molecule has 2 aliphatic carbocycles. The summed E-state index contributed by atoms with van der Waals surface area (Å²) in [5.74, 6) is 2.63. The largest absolute Gasteiger partial charge is 0.466 e. The molecule has 6 unspecified atom stereocenters. The van der Waals surface area contributed by atoms with Gasteiger partial charge in [0.05, 0.1) is 19.1 Å². The molecule has 116 valence electrons. The number of rotatable bonds is 7. The van der Waals surface area contributed by atoms with Gasteiger partial charge in [-0.3, -0.25) is 4.79 Å². The van der Waals surface area contributed by atoms with Crippen LogP contribution in [0.2, 0.25) is 0 Å². The summed E-state index contributed by atoms with van der Waals surface area (Å²) in [6, 6.07) is 0. The fourth-order valence-electron chi connectivity index (χ4n) is 4.29. The van der Waals surface area contributed by atoms with Crippen LogP contribution in [0.4, 0.5) is 0 Å². The van der Waals surface area contributed by atoms with Crippen molar-refractivity contribution in [2.75, 3.05) is 26.6 Å². The van der Waals surface area contributed by atoms with Crippen LogP contribution in [0.1, 0.15) is 34.1 Å². The van der Waals surface area contributed by atoms with Crippen molar-refractivity contribution in [1.29, 1.82) is 0 Å². The monoisotopic (exact) mass is 284 g/mol. The van der Waals surface area contributed by atoms with E-state index in [0.29, 0.717) is 56.2 Å². The Labute approximate surface area is 122 Å². The van der Waals surface area contributed by atoms with Gasteiger partial charge in [-0.2, -0.15) is 0 Å². The number of hydrogen-bond donors (Lipinski definition) is 0. The fourth-order valence-corrected chi connectivity index (χ4v) is 4.29. The average molecular weight is 284 g/mol. The number of ether oxygens (including phenoxy) is 3. The second kappa shape index (κ2) is 6.90. The van der Waals surface area contributed by atoms with E-state index in [1.807, 2.05) is 13.8 Å². The first-order chi connectivity index (χ1) is 9.61. The molecule has 0 radical (unpaired) electrons. The summed E-state index contributed by atoms with van der Waals surface area (Å²) in [6.07, 6.45) is 1.15. The Balaban J connectivity index is 2.00. The van der Waals surface area contributed by atoms with Crippen LogP contribution in [0.15, 0.2) is 0 Å². The lowest BCUT2D eigenvalue weighted by Gasteiger charge is -2.36. The maximum atomic E-state index is 12.3. The Kier molecular flexibility index (Phi) is 5.44. The zero-order valence-corrected chi connectivity index (χ0v) is 13.1. The molecule has 2 bridgehead atoms. The first-order valence-electron chi connectivity index (χ1n) is 7.93. The second-order valence-electron chi connectivity index (χ2n) is 6.20. The molecule has 0 heterocycles. The number of carbonyl (C=O) groups is 1. The maximum absolute atomic E-state index is 12.3. The minimum Gasteiger partial charge on any atom is -0.466 e. The van der Waals surface area contributed by atoms with Crippen LogP contribution in [0.3, 0.4) is 0 Å². The number of esters is 1. The van der Waals surface area contributed by atoms with E-state index >= 15 is 0 Å². The highest BCUT2D eigenvalue weighted by atomic mass is 16.7. The van der Waals surface area contributed by atoms with Gasteiger partial charge >= 0.3 is 5.97 Å². The van der Waals surface area contributed by atoms with Crippen LogP contribution in [0.25, 0.3) is 0 Å². The van der Waals surface area contributed by atoms with Crippen LogP contribution < -0.4 is 0 Å². The van der Waals surface area contributed by atoms with Crippen LogP contribution in [-0.4, -0.2) is 32.6 Å². The van der Waals surface area contributed by atoms with Crippen molar-refractivity contribution in [3.05, 3.63) is 0 Å². The van der Waals surface area contributed by atoms with E-state index in [0.717, 1.165) is 6.42 Å². The van der Waals surface area contributed by atoms with Gasteiger partial charge in [0, 0.05) is 6.61 Å². The van der Waals surface area contributed by atoms with Gasteiger partial charge in [0.2, 0.25) is 0 Å². The van der Waals surface area contributed by atoms with Gasteiger partial charge in [0.15, 0.2) is 0 Å². The summed E-state index contributed by atoms with van der Waals surface area (Å²) in [5, 5.41) is 0. The molecule has 0 N–H and O–H groups in total. The van der Waals surface area contributed by atoms with E-state index < -0.39 is 0 Å². The molecule has 0 aromatic carbocycles. The molecule has 4 nitrogen and oxygen atoms in total. The topological polar surface area (TPSA) is 44.8 Å². The molecule has 2 fully saturated rings. The summed E-state index contributed by atoms with van der Waals surface area (Å²) < 4.78 is 16.1. The lowest BCUT2D eigenvalue weighted by Crippen LogP contribution is -2.40. The molecule has 2 rings (SSSR count). The molecule has 0 spiro atoms. The predicted octanol–water partition coefficient (Wildman–Crippen LogP) is 2.71. The zero-order valence-electron chi connectivity index (χ0n) is 13.1. The molecule has 0 saturated heterocycles. The Hall–Kier alpha value is -0.610. The van der Waals surface area contributed by atoms with Crippen LogP contribution in [0, 0.1) is 35.5 Å². The Morgan fingerprint density at radius 3 is 2.40 bits per heavy atom. The smallest absolute Gasteiger partial charge is 0.309 e. The van der Waals surface area contributed by atoms with Gasteiger partial charge in [0.25, 0.3) is 0 Å². The molecule has 4 heteroatoms. The van der Waals surface area contributed by atoms with Crippen LogP contribution in [-0.2, 0) is 19.0 Å². The molecular weight excluding hydrogens is 256 g/mol. The molecule has 0 aromatic heterocycles. The Morgan fingerprint density at radius 2 is 1.75 bits per heavy atom. The molecular formula is C16H28O4. The van der Waals surface area contributed by atoms with E-state index in [4.69, 9.17) is 14.2 Å². The standard InChI is InChI=1S/C16H28O4/c1-5-18-9-19-8-14-12-7-13(11(4)10(12)3)15(14)16(17)20-6-2/h10-15H,5-9H2,1-4H3. The van der Waals surface area contributed by atoms with Crippen molar-refractivity contribution in [1.82, 2.24) is 0 Å². The minimum atomic E-state index is -0.0243. The van der Waals surface area contributed by atoms with E-state index in [9.17, 15) is 4.79 Å². The molecule has 6 atom stereocenters. The van der Waals surface area contributed by atoms with Crippen LogP contribution in [0.5, 0.6) is 0 Å². The Morgan fingerprint density at radius 1 is 1.05 bits per heavy atom. The lowest BCUT2D eigenvalue weighted by molar-refractivity contribution is -0.156. The average Bonchev–Trinajstić information content (AvgIpc) is 2.93. The van der Waals surface area contributed by atoms with Gasteiger partial charge < -0.3 is 14.2 Å². The first-order valence-corrected chi connectivity index (χ1v) is 7.93. The summed E-state index contributed by atoms with van der Waals surface area (Å²) in [7, 11) is 0. The highest BCUT2D eigenvalue weighted by Crippen LogP contribution is 2.58. The summed E-state index contributed by atoms with van der Waals surface area (Å²) in [5.41, 5.74) is 0. The van der Waals surface area contributed by atoms with Gasteiger partial charge in [0.1, 0.15) is 6.79 Å².